The number of nitrogens with zero attached hydrogens (tertiary/aromatic N) is 1. The first-order valence-electron chi connectivity index (χ1n) is 6.36. The Balaban J connectivity index is 2.05. The summed E-state index contributed by atoms with van der Waals surface area (Å²) < 4.78 is 41.1. The van der Waals surface area contributed by atoms with E-state index in [0.717, 1.165) is 17.6 Å². The van der Waals surface area contributed by atoms with Crippen molar-refractivity contribution in [3.05, 3.63) is 54.1 Å². The monoisotopic (exact) mass is 326 g/mol. The summed E-state index contributed by atoms with van der Waals surface area (Å²) in [5.74, 6) is -0.304. The number of carbonyl (C=O) groups excluding carboxylic acids is 1. The summed E-state index contributed by atoms with van der Waals surface area (Å²) in [7, 11) is 1.76. The fourth-order valence-electron chi connectivity index (χ4n) is 2.42. The maximum Gasteiger partial charge on any atom is 0.573 e. The number of carbonyl (C=O) groups is 1. The Hall–Kier alpha value is -1.99. The minimum atomic E-state index is -4.75. The lowest BCUT2D eigenvalue weighted by Gasteiger charge is -2.25. The van der Waals surface area contributed by atoms with Gasteiger partial charge in [-0.15, -0.1) is 13.2 Å². The third-order valence-corrected chi connectivity index (χ3v) is 4.55. The summed E-state index contributed by atoms with van der Waals surface area (Å²) in [6, 6.07) is 12.8. The van der Waals surface area contributed by atoms with Gasteiger partial charge in [0.05, 0.1) is 12.6 Å². The van der Waals surface area contributed by atoms with E-state index in [0.29, 0.717) is 11.3 Å². The molecule has 0 saturated carbocycles. The molecule has 3 nitrogen and oxygen atoms in total. The number of ether oxygens (including phenoxy) is 1. The molecular formula is C15H11F3NO2S+. The molecule has 0 aromatic heterocycles. The standard InChI is InChI=1S/C15H11F3NO2S/c1-19(13-8-3-2-7-12(13)14(20)22-19)10-5-4-6-11(9-10)21-15(16,17)18/h2-9H,1H3/q+1. The van der Waals surface area contributed by atoms with Crippen molar-refractivity contribution >= 4 is 28.4 Å². The Morgan fingerprint density at radius 3 is 2.55 bits per heavy atom. The largest absolute Gasteiger partial charge is 0.573 e. The highest BCUT2D eigenvalue weighted by atomic mass is 32.2. The molecule has 0 spiro atoms. The lowest BCUT2D eigenvalue weighted by Crippen LogP contribution is -2.28. The van der Waals surface area contributed by atoms with Gasteiger partial charge in [-0.2, -0.15) is 3.89 Å². The summed E-state index contributed by atoms with van der Waals surface area (Å²) in [5.41, 5.74) is 1.84. The highest BCUT2D eigenvalue weighted by molar-refractivity contribution is 8.14. The lowest BCUT2D eigenvalue weighted by molar-refractivity contribution is -0.274. The molecule has 7 heteroatoms. The predicted molar refractivity (Wildman–Crippen MR) is 78.9 cm³/mol. The van der Waals surface area contributed by atoms with Crippen LogP contribution in [0.25, 0.3) is 0 Å². The minimum Gasteiger partial charge on any atom is -0.406 e. The minimum absolute atomic E-state index is 0.0457. The van der Waals surface area contributed by atoms with Gasteiger partial charge in [-0.1, -0.05) is 18.2 Å². The van der Waals surface area contributed by atoms with Gasteiger partial charge >= 0.3 is 6.36 Å². The van der Waals surface area contributed by atoms with E-state index in [1.54, 1.807) is 37.4 Å². The molecule has 114 valence electrons. The second kappa shape index (κ2) is 5.03. The highest BCUT2D eigenvalue weighted by Gasteiger charge is 2.45. The van der Waals surface area contributed by atoms with E-state index in [2.05, 4.69) is 4.74 Å². The summed E-state index contributed by atoms with van der Waals surface area (Å²) in [4.78, 5) is 12.1. The van der Waals surface area contributed by atoms with Gasteiger partial charge in [0.25, 0.3) is 5.12 Å². The number of rotatable bonds is 2. The van der Waals surface area contributed by atoms with Crippen molar-refractivity contribution in [2.75, 3.05) is 7.05 Å². The molecule has 0 fully saturated rings. The van der Waals surface area contributed by atoms with Crippen molar-refractivity contribution in [1.82, 2.24) is 3.89 Å². The Morgan fingerprint density at radius 2 is 1.82 bits per heavy atom. The number of para-hydroxylation sites is 1. The van der Waals surface area contributed by atoms with Gasteiger partial charge < -0.3 is 4.74 Å². The number of benzene rings is 2. The van der Waals surface area contributed by atoms with Crippen LogP contribution in [-0.4, -0.2) is 18.5 Å². The van der Waals surface area contributed by atoms with Crippen LogP contribution in [0.15, 0.2) is 48.5 Å². The van der Waals surface area contributed by atoms with E-state index in [1.807, 2.05) is 0 Å². The molecule has 0 bridgehead atoms. The van der Waals surface area contributed by atoms with Gasteiger partial charge in [0.2, 0.25) is 0 Å². The molecule has 2 aromatic rings. The smallest absolute Gasteiger partial charge is 0.406 e. The quantitative estimate of drug-likeness (QED) is 0.593. The van der Waals surface area contributed by atoms with Gasteiger partial charge in [0, 0.05) is 18.2 Å². The second-order valence-electron chi connectivity index (χ2n) is 4.87. The number of halogens is 3. The number of quaternary nitrogens is 1. The lowest BCUT2D eigenvalue weighted by atomic mass is 10.1. The Kier molecular flexibility index (Phi) is 3.41. The zero-order valence-corrected chi connectivity index (χ0v) is 12.2. The summed E-state index contributed by atoms with van der Waals surface area (Å²) >= 11 is 1.04. The Bertz CT molecular complexity index is 748. The van der Waals surface area contributed by atoms with Gasteiger partial charge in [0.15, 0.2) is 23.3 Å². The van der Waals surface area contributed by atoms with Crippen molar-refractivity contribution in [1.29, 1.82) is 0 Å². The molecule has 0 radical (unpaired) electrons. The third-order valence-electron chi connectivity index (χ3n) is 3.39. The van der Waals surface area contributed by atoms with Crippen molar-refractivity contribution in [3.8, 4) is 5.75 Å². The van der Waals surface area contributed by atoms with Gasteiger partial charge in [0.1, 0.15) is 5.75 Å². The van der Waals surface area contributed by atoms with Crippen LogP contribution in [0.2, 0.25) is 0 Å². The van der Waals surface area contributed by atoms with Crippen LogP contribution in [0.3, 0.4) is 0 Å². The van der Waals surface area contributed by atoms with E-state index in [9.17, 15) is 18.0 Å². The first-order valence-corrected chi connectivity index (χ1v) is 7.13. The average molecular weight is 326 g/mol. The SMILES string of the molecule is C[N+]1(c2cccc(OC(F)(F)F)c2)SC(=O)c2ccccc21. The molecule has 2 aromatic carbocycles. The fourth-order valence-corrected chi connectivity index (χ4v) is 3.50. The average Bonchev–Trinajstić information content (AvgIpc) is 2.71. The zero-order valence-electron chi connectivity index (χ0n) is 11.4. The topological polar surface area (TPSA) is 26.3 Å². The Labute approximate surface area is 129 Å². The van der Waals surface area contributed by atoms with Crippen LogP contribution in [0, 0.1) is 0 Å². The van der Waals surface area contributed by atoms with Crippen LogP contribution in [0.4, 0.5) is 24.5 Å². The normalized spacial score (nSPS) is 20.8. The molecule has 1 atom stereocenters. The summed E-state index contributed by atoms with van der Waals surface area (Å²) in [6.45, 7) is 0. The van der Waals surface area contributed by atoms with Crippen LogP contribution in [-0.2, 0) is 0 Å². The van der Waals surface area contributed by atoms with E-state index in [1.165, 1.54) is 18.2 Å². The zero-order chi connectivity index (χ0) is 16.0. The molecule has 3 rings (SSSR count). The van der Waals surface area contributed by atoms with Gasteiger partial charge in [-0.05, 0) is 12.1 Å². The third kappa shape index (κ3) is 2.57. The van der Waals surface area contributed by atoms with E-state index in [4.69, 9.17) is 0 Å². The molecular weight excluding hydrogens is 315 g/mol. The fraction of sp³-hybridized carbons (Fsp3) is 0.133. The molecule has 0 N–H and O–H groups in total. The van der Waals surface area contributed by atoms with E-state index < -0.39 is 6.36 Å². The second-order valence-corrected chi connectivity index (χ2v) is 6.15. The maximum atomic E-state index is 12.4. The van der Waals surface area contributed by atoms with Gasteiger partial charge in [-0.25, -0.2) is 0 Å². The van der Waals surface area contributed by atoms with Crippen LogP contribution in [0.1, 0.15) is 10.4 Å². The molecule has 1 unspecified atom stereocenters. The van der Waals surface area contributed by atoms with Crippen molar-refractivity contribution in [2.24, 2.45) is 0 Å². The summed E-state index contributed by atoms with van der Waals surface area (Å²) in [6.07, 6.45) is -4.75. The number of alkyl halides is 3. The number of hydrogen-bond donors (Lipinski definition) is 0. The molecule has 0 amide bonds. The van der Waals surface area contributed by atoms with Crippen LogP contribution in [0.5, 0.6) is 5.75 Å². The molecule has 1 aliphatic rings. The molecule has 1 aliphatic heterocycles. The molecule has 0 saturated heterocycles. The Morgan fingerprint density at radius 1 is 1.09 bits per heavy atom. The highest BCUT2D eigenvalue weighted by Crippen LogP contribution is 2.50. The first-order chi connectivity index (χ1) is 10.3. The number of hydrogen-bond acceptors (Lipinski definition) is 3. The van der Waals surface area contributed by atoms with Crippen LogP contribution >= 0.6 is 11.9 Å². The van der Waals surface area contributed by atoms with Crippen LogP contribution < -0.4 is 8.63 Å². The first kappa shape index (κ1) is 14.9. The molecule has 0 aliphatic carbocycles. The molecule has 22 heavy (non-hydrogen) atoms. The summed E-state index contributed by atoms with van der Waals surface area (Å²) in [5, 5.41) is -0.111. The maximum absolute atomic E-state index is 12.4. The van der Waals surface area contributed by atoms with Crippen molar-refractivity contribution in [3.63, 3.8) is 0 Å². The number of fused-ring (bicyclic) bond motifs is 1. The van der Waals surface area contributed by atoms with E-state index in [-0.39, 0.29) is 14.8 Å². The van der Waals surface area contributed by atoms with Gasteiger partial charge in [-0.3, -0.25) is 4.79 Å². The van der Waals surface area contributed by atoms with E-state index >= 15 is 0 Å². The van der Waals surface area contributed by atoms with Crippen molar-refractivity contribution < 1.29 is 22.7 Å². The predicted octanol–water partition coefficient (Wildman–Crippen LogP) is 4.66. The molecule has 1 heterocycles. The van der Waals surface area contributed by atoms with Crippen molar-refractivity contribution in [2.45, 2.75) is 6.36 Å².